The van der Waals surface area contributed by atoms with Gasteiger partial charge < -0.3 is 4.74 Å². The molecule has 1 aromatic heterocycles. The number of piperidine rings is 1. The van der Waals surface area contributed by atoms with Crippen LogP contribution in [0.25, 0.3) is 0 Å². The number of fused-ring (bicyclic) bond motifs is 1. The Morgan fingerprint density at radius 1 is 1.11 bits per heavy atom. The monoisotopic (exact) mass is 398 g/mol. The van der Waals surface area contributed by atoms with Crippen LogP contribution in [0.4, 0.5) is 0 Å². The van der Waals surface area contributed by atoms with Crippen LogP contribution < -0.4 is 4.74 Å². The van der Waals surface area contributed by atoms with Crippen LogP contribution >= 0.6 is 0 Å². The van der Waals surface area contributed by atoms with Gasteiger partial charge in [0.1, 0.15) is 12.2 Å². The Kier molecular flexibility index (Phi) is 5.29. The van der Waals surface area contributed by atoms with Crippen LogP contribution in [0.15, 0.2) is 35.5 Å². The van der Waals surface area contributed by atoms with Crippen molar-refractivity contribution < 1.29 is 13.2 Å². The van der Waals surface area contributed by atoms with Crippen molar-refractivity contribution in [1.29, 1.82) is 5.26 Å². The van der Waals surface area contributed by atoms with Crippen molar-refractivity contribution in [3.8, 4) is 11.9 Å². The Morgan fingerprint density at radius 2 is 1.89 bits per heavy atom. The third kappa shape index (κ3) is 3.73. The molecule has 0 saturated carbocycles. The molecule has 7 nitrogen and oxygen atoms in total. The van der Waals surface area contributed by atoms with Gasteiger partial charge in [-0.3, -0.25) is 0 Å². The van der Waals surface area contributed by atoms with E-state index in [0.29, 0.717) is 24.3 Å². The van der Waals surface area contributed by atoms with Crippen LogP contribution in [-0.4, -0.2) is 41.9 Å². The van der Waals surface area contributed by atoms with Crippen molar-refractivity contribution in [2.45, 2.75) is 49.5 Å². The lowest BCUT2D eigenvalue weighted by Crippen LogP contribution is -2.44. The SMILES string of the molecule is N#Cc1nccnc1OC1CCCN(S(=O)(=O)c2ccc3c(c2)CCCC3)C1. The number of hydrogen-bond acceptors (Lipinski definition) is 6. The molecule has 2 aromatic rings. The standard InChI is InChI=1S/C20H22N4O3S/c21-13-19-20(23-10-9-22-19)27-17-6-3-11-24(14-17)28(25,26)18-8-7-15-4-1-2-5-16(15)12-18/h7-10,12,17H,1-6,11,14H2. The van der Waals surface area contributed by atoms with E-state index >= 15 is 0 Å². The maximum absolute atomic E-state index is 13.2. The first kappa shape index (κ1) is 18.8. The molecule has 1 aliphatic carbocycles. The molecule has 2 aliphatic rings. The van der Waals surface area contributed by atoms with E-state index in [1.807, 2.05) is 18.2 Å². The van der Waals surface area contributed by atoms with E-state index in [0.717, 1.165) is 31.2 Å². The van der Waals surface area contributed by atoms with Crippen molar-refractivity contribution in [2.75, 3.05) is 13.1 Å². The Bertz CT molecular complexity index is 1020. The first-order valence-electron chi connectivity index (χ1n) is 9.57. The van der Waals surface area contributed by atoms with Crippen LogP contribution in [0.5, 0.6) is 5.88 Å². The summed E-state index contributed by atoms with van der Waals surface area (Å²) in [5, 5.41) is 9.14. The fourth-order valence-corrected chi connectivity index (χ4v) is 5.45. The highest BCUT2D eigenvalue weighted by molar-refractivity contribution is 7.89. The van der Waals surface area contributed by atoms with Crippen LogP contribution in [0.3, 0.4) is 0 Å². The number of nitrogens with zero attached hydrogens (tertiary/aromatic N) is 4. The zero-order valence-corrected chi connectivity index (χ0v) is 16.4. The molecule has 8 heteroatoms. The number of rotatable bonds is 4. The van der Waals surface area contributed by atoms with Gasteiger partial charge in [0.05, 0.1) is 11.4 Å². The number of aromatic nitrogens is 2. The molecular formula is C20H22N4O3S. The number of ether oxygens (including phenoxy) is 1. The highest BCUT2D eigenvalue weighted by Gasteiger charge is 2.32. The van der Waals surface area contributed by atoms with E-state index in [9.17, 15) is 8.42 Å². The molecule has 1 fully saturated rings. The van der Waals surface area contributed by atoms with E-state index in [-0.39, 0.29) is 24.2 Å². The molecule has 0 amide bonds. The molecule has 4 rings (SSSR count). The zero-order chi connectivity index (χ0) is 19.6. The second-order valence-electron chi connectivity index (χ2n) is 7.20. The average molecular weight is 398 g/mol. The van der Waals surface area contributed by atoms with Gasteiger partial charge in [-0.15, -0.1) is 0 Å². The molecule has 2 heterocycles. The summed E-state index contributed by atoms with van der Waals surface area (Å²) in [6, 6.07) is 7.47. The van der Waals surface area contributed by atoms with Gasteiger partial charge in [0.2, 0.25) is 15.7 Å². The zero-order valence-electron chi connectivity index (χ0n) is 15.5. The van der Waals surface area contributed by atoms with Crippen molar-refractivity contribution >= 4 is 10.0 Å². The molecule has 0 radical (unpaired) electrons. The smallest absolute Gasteiger partial charge is 0.251 e. The Hall–Kier alpha value is -2.50. The molecule has 1 atom stereocenters. The third-order valence-electron chi connectivity index (χ3n) is 5.35. The predicted molar refractivity (Wildman–Crippen MR) is 102 cm³/mol. The molecule has 1 saturated heterocycles. The van der Waals surface area contributed by atoms with Gasteiger partial charge in [0, 0.05) is 18.9 Å². The highest BCUT2D eigenvalue weighted by Crippen LogP contribution is 2.28. The molecule has 1 aliphatic heterocycles. The fourth-order valence-electron chi connectivity index (χ4n) is 3.88. The number of sulfonamides is 1. The maximum Gasteiger partial charge on any atom is 0.251 e. The summed E-state index contributed by atoms with van der Waals surface area (Å²) in [5.41, 5.74) is 2.52. The minimum atomic E-state index is -3.58. The molecule has 0 N–H and O–H groups in total. The van der Waals surface area contributed by atoms with Crippen molar-refractivity contribution in [3.05, 3.63) is 47.4 Å². The Morgan fingerprint density at radius 3 is 2.71 bits per heavy atom. The molecular weight excluding hydrogens is 376 g/mol. The van der Waals surface area contributed by atoms with Gasteiger partial charge in [0.15, 0.2) is 0 Å². The second kappa shape index (κ2) is 7.86. The fraction of sp³-hybridized carbons (Fsp3) is 0.450. The summed E-state index contributed by atoms with van der Waals surface area (Å²) in [5.74, 6) is 0.156. The number of hydrogen-bond donors (Lipinski definition) is 0. The number of benzene rings is 1. The molecule has 0 spiro atoms. The van der Waals surface area contributed by atoms with Gasteiger partial charge in [0.25, 0.3) is 5.88 Å². The quantitative estimate of drug-likeness (QED) is 0.785. The summed E-state index contributed by atoms with van der Waals surface area (Å²) < 4.78 is 33.7. The van der Waals surface area contributed by atoms with Crippen molar-refractivity contribution in [3.63, 3.8) is 0 Å². The summed E-state index contributed by atoms with van der Waals surface area (Å²) in [6.07, 6.45) is 8.16. The first-order chi connectivity index (χ1) is 13.6. The third-order valence-corrected chi connectivity index (χ3v) is 7.21. The first-order valence-corrected chi connectivity index (χ1v) is 11.0. The molecule has 1 aromatic carbocycles. The topological polar surface area (TPSA) is 96.2 Å². The van der Waals surface area contributed by atoms with Crippen LogP contribution in [0.1, 0.15) is 42.5 Å². The summed E-state index contributed by atoms with van der Waals surface area (Å²) >= 11 is 0. The lowest BCUT2D eigenvalue weighted by Gasteiger charge is -2.32. The van der Waals surface area contributed by atoms with Crippen LogP contribution in [0, 0.1) is 11.3 Å². The van der Waals surface area contributed by atoms with Gasteiger partial charge >= 0.3 is 0 Å². The molecule has 1 unspecified atom stereocenters. The second-order valence-corrected chi connectivity index (χ2v) is 9.14. The number of aryl methyl sites for hydroxylation is 2. The van der Waals surface area contributed by atoms with E-state index in [2.05, 4.69) is 9.97 Å². The van der Waals surface area contributed by atoms with E-state index in [1.54, 1.807) is 6.07 Å². The Balaban J connectivity index is 1.53. The van der Waals surface area contributed by atoms with E-state index in [1.165, 1.54) is 22.3 Å². The largest absolute Gasteiger partial charge is 0.471 e. The minimum Gasteiger partial charge on any atom is -0.471 e. The van der Waals surface area contributed by atoms with E-state index < -0.39 is 10.0 Å². The lowest BCUT2D eigenvalue weighted by atomic mass is 9.92. The lowest BCUT2D eigenvalue weighted by molar-refractivity contribution is 0.124. The molecule has 0 bridgehead atoms. The Labute approximate surface area is 165 Å². The van der Waals surface area contributed by atoms with Crippen molar-refractivity contribution in [1.82, 2.24) is 14.3 Å². The summed E-state index contributed by atoms with van der Waals surface area (Å²) in [7, 11) is -3.58. The molecule has 146 valence electrons. The van der Waals surface area contributed by atoms with Gasteiger partial charge in [-0.1, -0.05) is 6.07 Å². The van der Waals surface area contributed by atoms with Crippen LogP contribution in [0.2, 0.25) is 0 Å². The van der Waals surface area contributed by atoms with Gasteiger partial charge in [-0.2, -0.15) is 9.57 Å². The van der Waals surface area contributed by atoms with Gasteiger partial charge in [-0.25, -0.2) is 18.4 Å². The van der Waals surface area contributed by atoms with Crippen LogP contribution in [-0.2, 0) is 22.9 Å². The van der Waals surface area contributed by atoms with Gasteiger partial charge in [-0.05, 0) is 61.8 Å². The predicted octanol–water partition coefficient (Wildman–Crippen LogP) is 2.46. The number of nitriles is 1. The highest BCUT2D eigenvalue weighted by atomic mass is 32.2. The summed E-state index contributed by atoms with van der Waals surface area (Å²) in [6.45, 7) is 0.700. The minimum absolute atomic E-state index is 0.108. The van der Waals surface area contributed by atoms with Crippen molar-refractivity contribution in [2.24, 2.45) is 0 Å². The maximum atomic E-state index is 13.2. The normalized spacial score (nSPS) is 20.2. The average Bonchev–Trinajstić information content (AvgIpc) is 2.74. The van der Waals surface area contributed by atoms with E-state index in [4.69, 9.17) is 10.00 Å². The summed E-state index contributed by atoms with van der Waals surface area (Å²) in [4.78, 5) is 8.35. The molecule has 28 heavy (non-hydrogen) atoms.